The average Bonchev–Trinajstić information content (AvgIpc) is 2.60. The summed E-state index contributed by atoms with van der Waals surface area (Å²) in [5, 5.41) is 3.77. The Hall–Kier alpha value is -2.11. The van der Waals surface area contributed by atoms with Gasteiger partial charge in [0.15, 0.2) is 11.5 Å². The van der Waals surface area contributed by atoms with Gasteiger partial charge < -0.3 is 19.5 Å². The van der Waals surface area contributed by atoms with Crippen molar-refractivity contribution in [2.24, 2.45) is 0 Å². The molecule has 0 radical (unpaired) electrons. The molecule has 0 unspecified atom stereocenters. The van der Waals surface area contributed by atoms with Gasteiger partial charge in [-0.3, -0.25) is 4.79 Å². The molecule has 0 aromatic heterocycles. The van der Waals surface area contributed by atoms with E-state index in [0.29, 0.717) is 59.2 Å². The first-order chi connectivity index (χ1) is 11.6. The van der Waals surface area contributed by atoms with E-state index in [9.17, 15) is 4.79 Å². The van der Waals surface area contributed by atoms with E-state index in [1.54, 1.807) is 36.4 Å². The number of hydrogen-bond donors (Lipinski definition) is 1. The topological polar surface area (TPSA) is 56.8 Å². The molecule has 0 aliphatic carbocycles. The van der Waals surface area contributed by atoms with E-state index in [4.69, 9.17) is 37.4 Å². The van der Waals surface area contributed by atoms with Gasteiger partial charge in [0, 0.05) is 10.6 Å². The summed E-state index contributed by atoms with van der Waals surface area (Å²) in [5.41, 5.74) is 0.413. The molecular formula is C17H15Cl2NO4. The highest BCUT2D eigenvalue weighted by Gasteiger charge is 2.19. The Morgan fingerprint density at radius 3 is 2.67 bits per heavy atom. The van der Waals surface area contributed by atoms with Gasteiger partial charge in [-0.15, -0.1) is 0 Å². The summed E-state index contributed by atoms with van der Waals surface area (Å²) in [6.45, 7) is 1.57. The largest absolute Gasteiger partial charge is 0.492 e. The van der Waals surface area contributed by atoms with Crippen molar-refractivity contribution in [2.75, 3.05) is 26.4 Å². The number of carbonyl (C=O) groups is 1. The van der Waals surface area contributed by atoms with Crippen molar-refractivity contribution < 1.29 is 19.0 Å². The molecule has 0 saturated carbocycles. The summed E-state index contributed by atoms with van der Waals surface area (Å²) in [5.74, 6) is 1.39. The zero-order valence-electron chi connectivity index (χ0n) is 12.7. The van der Waals surface area contributed by atoms with Crippen LogP contribution in [0.4, 0.5) is 0 Å². The number of hydrogen-bond acceptors (Lipinski definition) is 4. The number of amides is 1. The van der Waals surface area contributed by atoms with Crippen LogP contribution in [0.1, 0.15) is 10.4 Å². The zero-order valence-corrected chi connectivity index (χ0v) is 14.2. The van der Waals surface area contributed by atoms with Gasteiger partial charge in [-0.1, -0.05) is 23.2 Å². The third kappa shape index (κ3) is 4.04. The lowest BCUT2D eigenvalue weighted by Gasteiger charge is -2.20. The molecule has 126 valence electrons. The molecule has 0 fully saturated rings. The lowest BCUT2D eigenvalue weighted by molar-refractivity contribution is 0.0945. The molecule has 0 bridgehead atoms. The van der Waals surface area contributed by atoms with E-state index in [1.165, 1.54) is 0 Å². The molecule has 2 aromatic carbocycles. The third-order valence-corrected chi connectivity index (χ3v) is 3.86. The van der Waals surface area contributed by atoms with Crippen LogP contribution in [0.25, 0.3) is 0 Å². The summed E-state index contributed by atoms with van der Waals surface area (Å²) in [6, 6.07) is 10.2. The van der Waals surface area contributed by atoms with Crippen LogP contribution in [0.15, 0.2) is 36.4 Å². The Kier molecular flexibility index (Phi) is 5.33. The van der Waals surface area contributed by atoms with Gasteiger partial charge in [-0.05, 0) is 36.4 Å². The molecule has 5 nitrogen and oxygen atoms in total. The van der Waals surface area contributed by atoms with Crippen molar-refractivity contribution in [2.45, 2.75) is 0 Å². The number of rotatable bonds is 5. The molecular weight excluding hydrogens is 353 g/mol. The Bertz CT molecular complexity index is 734. The van der Waals surface area contributed by atoms with Crippen LogP contribution in [-0.4, -0.2) is 32.3 Å². The monoisotopic (exact) mass is 367 g/mol. The summed E-state index contributed by atoms with van der Waals surface area (Å²) >= 11 is 11.9. The molecule has 2 aromatic rings. The second kappa shape index (κ2) is 7.64. The molecule has 3 rings (SSSR count). The maximum atomic E-state index is 12.2. The summed E-state index contributed by atoms with van der Waals surface area (Å²) in [4.78, 5) is 12.2. The van der Waals surface area contributed by atoms with Crippen molar-refractivity contribution in [3.63, 3.8) is 0 Å². The van der Waals surface area contributed by atoms with Gasteiger partial charge in [0.25, 0.3) is 5.91 Å². The van der Waals surface area contributed by atoms with E-state index >= 15 is 0 Å². The molecule has 0 spiro atoms. The molecule has 24 heavy (non-hydrogen) atoms. The molecule has 0 atom stereocenters. The zero-order chi connectivity index (χ0) is 16.9. The van der Waals surface area contributed by atoms with Crippen molar-refractivity contribution in [3.8, 4) is 17.2 Å². The minimum absolute atomic E-state index is 0.256. The summed E-state index contributed by atoms with van der Waals surface area (Å²) < 4.78 is 16.4. The van der Waals surface area contributed by atoms with Crippen LogP contribution >= 0.6 is 23.2 Å². The highest BCUT2D eigenvalue weighted by molar-refractivity contribution is 6.32. The maximum Gasteiger partial charge on any atom is 0.251 e. The van der Waals surface area contributed by atoms with Crippen LogP contribution in [-0.2, 0) is 0 Å². The fraction of sp³-hybridized carbons (Fsp3) is 0.235. The van der Waals surface area contributed by atoms with Gasteiger partial charge in [0.05, 0.1) is 11.6 Å². The van der Waals surface area contributed by atoms with Crippen molar-refractivity contribution in [1.29, 1.82) is 0 Å². The number of benzene rings is 2. The van der Waals surface area contributed by atoms with E-state index in [1.807, 2.05) is 0 Å². The van der Waals surface area contributed by atoms with Crippen molar-refractivity contribution in [3.05, 3.63) is 52.0 Å². The minimum Gasteiger partial charge on any atom is -0.492 e. The number of fused-ring (bicyclic) bond motifs is 1. The van der Waals surface area contributed by atoms with Crippen LogP contribution in [0, 0.1) is 0 Å². The first-order valence-electron chi connectivity index (χ1n) is 7.39. The lowest BCUT2D eigenvalue weighted by atomic mass is 10.2. The van der Waals surface area contributed by atoms with Crippen LogP contribution in [0.2, 0.25) is 10.0 Å². The first kappa shape index (κ1) is 16.7. The van der Waals surface area contributed by atoms with Gasteiger partial charge in [-0.25, -0.2) is 0 Å². The SMILES string of the molecule is O=C(NCCOc1ccc(Cl)cc1)c1cc(Cl)c2c(c1)OCCO2. The smallest absolute Gasteiger partial charge is 0.251 e. The molecule has 1 aliphatic heterocycles. The second-order valence-electron chi connectivity index (χ2n) is 5.04. The van der Waals surface area contributed by atoms with Gasteiger partial charge in [0.2, 0.25) is 0 Å². The lowest BCUT2D eigenvalue weighted by Crippen LogP contribution is -2.28. The molecule has 1 heterocycles. The van der Waals surface area contributed by atoms with E-state index < -0.39 is 0 Å². The molecule has 0 saturated heterocycles. The minimum atomic E-state index is -0.256. The standard InChI is InChI=1S/C17H15Cl2NO4/c18-12-1-3-13(4-2-12)22-6-5-20-17(21)11-9-14(19)16-15(10-11)23-7-8-24-16/h1-4,9-10H,5-8H2,(H,20,21). The van der Waals surface area contributed by atoms with Crippen molar-refractivity contribution in [1.82, 2.24) is 5.32 Å². The normalized spacial score (nSPS) is 12.6. The number of ether oxygens (including phenoxy) is 3. The third-order valence-electron chi connectivity index (χ3n) is 3.33. The summed E-state index contributed by atoms with van der Waals surface area (Å²) in [6.07, 6.45) is 0. The number of nitrogens with one attached hydrogen (secondary N) is 1. The molecule has 7 heteroatoms. The quantitative estimate of drug-likeness (QED) is 0.820. The van der Waals surface area contributed by atoms with E-state index in [-0.39, 0.29) is 5.91 Å². The Morgan fingerprint density at radius 2 is 1.88 bits per heavy atom. The Labute approximate surface area is 149 Å². The van der Waals surface area contributed by atoms with Crippen LogP contribution < -0.4 is 19.5 Å². The molecule has 1 N–H and O–H groups in total. The Morgan fingerprint density at radius 1 is 1.12 bits per heavy atom. The second-order valence-corrected chi connectivity index (χ2v) is 5.88. The van der Waals surface area contributed by atoms with Crippen molar-refractivity contribution >= 4 is 29.1 Å². The van der Waals surface area contributed by atoms with Crippen LogP contribution in [0.3, 0.4) is 0 Å². The predicted octanol–water partition coefficient (Wildman–Crippen LogP) is 3.57. The van der Waals surface area contributed by atoms with Gasteiger partial charge >= 0.3 is 0 Å². The number of carbonyl (C=O) groups excluding carboxylic acids is 1. The van der Waals surface area contributed by atoms with Crippen LogP contribution in [0.5, 0.6) is 17.2 Å². The fourth-order valence-electron chi connectivity index (χ4n) is 2.21. The van der Waals surface area contributed by atoms with Gasteiger partial charge in [0.1, 0.15) is 25.6 Å². The maximum absolute atomic E-state index is 12.2. The summed E-state index contributed by atoms with van der Waals surface area (Å²) in [7, 11) is 0. The first-order valence-corrected chi connectivity index (χ1v) is 8.15. The predicted molar refractivity (Wildman–Crippen MR) is 91.7 cm³/mol. The average molecular weight is 368 g/mol. The Balaban J connectivity index is 1.53. The highest BCUT2D eigenvalue weighted by Crippen LogP contribution is 2.38. The number of halogens is 2. The van der Waals surface area contributed by atoms with E-state index in [2.05, 4.69) is 5.32 Å². The van der Waals surface area contributed by atoms with Gasteiger partial charge in [-0.2, -0.15) is 0 Å². The van der Waals surface area contributed by atoms with E-state index in [0.717, 1.165) is 0 Å². The molecule has 1 aliphatic rings. The fourth-order valence-corrected chi connectivity index (χ4v) is 2.60. The highest BCUT2D eigenvalue weighted by atomic mass is 35.5. The molecule has 1 amide bonds.